The zero-order chi connectivity index (χ0) is 29.0. The van der Waals surface area contributed by atoms with Crippen molar-refractivity contribution >= 4 is 46.4 Å². The zero-order valence-corrected chi connectivity index (χ0v) is 22.7. The first kappa shape index (κ1) is 27.2. The average Bonchev–Trinajstić information content (AvgIpc) is 3.45. The summed E-state index contributed by atoms with van der Waals surface area (Å²) >= 11 is 12.3. The van der Waals surface area contributed by atoms with Gasteiger partial charge in [-0.15, -0.1) is 0 Å². The zero-order valence-electron chi connectivity index (χ0n) is 21.2. The SMILES string of the molecule is CC(c1ncc(N2C[C@H]3C[C@H]3C2=O)cc1Cl)n1cc(NC(=O)c2cncc(-c3c(C(F)F)ccc(Cl)c3F)n2)cn1. The fourth-order valence-corrected chi connectivity index (χ4v) is 5.42. The molecule has 1 N–H and O–H groups in total. The Balaban J connectivity index is 1.18. The van der Waals surface area contributed by atoms with Crippen molar-refractivity contribution < 1.29 is 22.8 Å². The van der Waals surface area contributed by atoms with Crippen molar-refractivity contribution in [1.29, 1.82) is 0 Å². The molecule has 14 heteroatoms. The average molecular weight is 602 g/mol. The largest absolute Gasteiger partial charge is 0.318 e. The van der Waals surface area contributed by atoms with E-state index in [-0.39, 0.29) is 28.2 Å². The Labute approximate surface area is 241 Å². The van der Waals surface area contributed by atoms with E-state index >= 15 is 0 Å². The number of piperidine rings is 1. The van der Waals surface area contributed by atoms with Crippen molar-refractivity contribution in [2.75, 3.05) is 16.8 Å². The lowest BCUT2D eigenvalue weighted by Crippen LogP contribution is -2.28. The van der Waals surface area contributed by atoms with Crippen LogP contribution in [0.1, 0.15) is 47.6 Å². The molecule has 6 rings (SSSR count). The normalized spacial score (nSPS) is 18.5. The van der Waals surface area contributed by atoms with E-state index in [1.54, 1.807) is 23.4 Å². The number of hydrogen-bond acceptors (Lipinski definition) is 6. The number of aromatic nitrogens is 5. The standard InChI is InChI=1S/C27H20Cl2F3N7O2/c1-12(24-19(29)5-15(7-34-24)38-10-13-4-17(13)27(38)41)39-11-14(6-35-39)36-26(40)21-9-33-8-20(37-21)22-16(25(31)32)2-3-18(28)23(22)30/h2-3,5-9,11-13,17,25H,4,10H2,1H3,(H,36,40)/t12?,13-,17-/m1/s1. The fourth-order valence-electron chi connectivity index (χ4n) is 4.94. The third kappa shape index (κ3) is 5.02. The molecule has 3 atom stereocenters. The van der Waals surface area contributed by atoms with E-state index in [2.05, 4.69) is 25.4 Å². The number of benzene rings is 1. The number of amides is 2. The minimum Gasteiger partial charge on any atom is -0.318 e. The summed E-state index contributed by atoms with van der Waals surface area (Å²) in [6.45, 7) is 2.49. The predicted molar refractivity (Wildman–Crippen MR) is 145 cm³/mol. The number of rotatable bonds is 7. The van der Waals surface area contributed by atoms with Gasteiger partial charge in [-0.05, 0) is 31.4 Å². The number of alkyl halides is 2. The van der Waals surface area contributed by atoms with Crippen LogP contribution in [0.4, 0.5) is 24.5 Å². The van der Waals surface area contributed by atoms with Gasteiger partial charge in [0.25, 0.3) is 12.3 Å². The molecule has 2 fully saturated rings. The van der Waals surface area contributed by atoms with Gasteiger partial charge in [-0.1, -0.05) is 29.3 Å². The summed E-state index contributed by atoms with van der Waals surface area (Å²) in [4.78, 5) is 39.4. The van der Waals surface area contributed by atoms with Crippen molar-refractivity contribution in [2.45, 2.75) is 25.8 Å². The number of nitrogens with zero attached hydrogens (tertiary/aromatic N) is 6. The van der Waals surface area contributed by atoms with Gasteiger partial charge in [0.2, 0.25) is 5.91 Å². The molecule has 0 spiro atoms. The summed E-state index contributed by atoms with van der Waals surface area (Å²) in [6, 6.07) is 3.31. The van der Waals surface area contributed by atoms with Crippen molar-refractivity contribution in [3.05, 3.63) is 82.0 Å². The molecule has 4 aromatic rings. The first-order valence-corrected chi connectivity index (χ1v) is 13.3. The van der Waals surface area contributed by atoms with E-state index < -0.39 is 35.3 Å². The number of nitrogens with one attached hydrogen (secondary N) is 1. The van der Waals surface area contributed by atoms with Gasteiger partial charge in [-0.25, -0.2) is 18.2 Å². The summed E-state index contributed by atoms with van der Waals surface area (Å²) in [5.41, 5.74) is -0.198. The van der Waals surface area contributed by atoms with Crippen LogP contribution in [0.15, 0.2) is 49.2 Å². The van der Waals surface area contributed by atoms with Crippen LogP contribution in [0.25, 0.3) is 11.3 Å². The Morgan fingerprint density at radius 2 is 1.95 bits per heavy atom. The Morgan fingerprint density at radius 3 is 2.66 bits per heavy atom. The molecule has 2 aliphatic rings. The number of anilines is 2. The second kappa shape index (κ2) is 10.4. The van der Waals surface area contributed by atoms with Crippen molar-refractivity contribution in [2.24, 2.45) is 11.8 Å². The molecule has 2 amide bonds. The number of hydrogen-bond donors (Lipinski definition) is 1. The van der Waals surface area contributed by atoms with E-state index in [9.17, 15) is 22.8 Å². The Bertz CT molecular complexity index is 1700. The highest BCUT2D eigenvalue weighted by Crippen LogP contribution is 2.47. The van der Waals surface area contributed by atoms with Gasteiger partial charge in [0.1, 0.15) is 5.69 Å². The molecular weight excluding hydrogens is 582 g/mol. The molecule has 0 bridgehead atoms. The van der Waals surface area contributed by atoms with Gasteiger partial charge in [0.05, 0.1) is 63.6 Å². The quantitative estimate of drug-likeness (QED) is 0.280. The Kier molecular flexibility index (Phi) is 6.90. The van der Waals surface area contributed by atoms with E-state index in [0.717, 1.165) is 30.9 Å². The van der Waals surface area contributed by atoms with Crippen LogP contribution < -0.4 is 10.2 Å². The molecule has 1 aliphatic heterocycles. The first-order chi connectivity index (χ1) is 19.6. The molecule has 1 aliphatic carbocycles. The van der Waals surface area contributed by atoms with Crippen LogP contribution in [0.5, 0.6) is 0 Å². The van der Waals surface area contributed by atoms with Crippen molar-refractivity contribution in [3.8, 4) is 11.3 Å². The van der Waals surface area contributed by atoms with E-state index in [1.807, 2.05) is 6.92 Å². The number of halogens is 5. The molecule has 1 unspecified atom stereocenters. The van der Waals surface area contributed by atoms with Gasteiger partial charge >= 0.3 is 0 Å². The van der Waals surface area contributed by atoms with Crippen LogP contribution in [-0.4, -0.2) is 43.1 Å². The highest BCUT2D eigenvalue weighted by atomic mass is 35.5. The molecule has 3 aromatic heterocycles. The summed E-state index contributed by atoms with van der Waals surface area (Å²) in [5.74, 6) is -1.17. The van der Waals surface area contributed by atoms with Crippen molar-refractivity contribution in [1.82, 2.24) is 24.7 Å². The van der Waals surface area contributed by atoms with Crippen LogP contribution in [0, 0.1) is 17.7 Å². The number of carbonyl (C=O) groups excluding carboxylic acids is 2. The van der Waals surface area contributed by atoms with Crippen LogP contribution in [0.2, 0.25) is 10.0 Å². The lowest BCUT2D eigenvalue weighted by atomic mass is 10.0. The van der Waals surface area contributed by atoms with E-state index in [4.69, 9.17) is 23.2 Å². The van der Waals surface area contributed by atoms with Gasteiger partial charge < -0.3 is 10.2 Å². The third-order valence-corrected chi connectivity index (χ3v) is 7.82. The van der Waals surface area contributed by atoms with Crippen LogP contribution >= 0.6 is 23.2 Å². The minimum absolute atomic E-state index is 0.100. The summed E-state index contributed by atoms with van der Waals surface area (Å²) in [5, 5.41) is 6.89. The third-order valence-electron chi connectivity index (χ3n) is 7.23. The first-order valence-electron chi connectivity index (χ1n) is 12.5. The molecule has 1 aromatic carbocycles. The van der Waals surface area contributed by atoms with Crippen LogP contribution in [-0.2, 0) is 4.79 Å². The van der Waals surface area contributed by atoms with E-state index in [0.29, 0.717) is 34.6 Å². The Hall–Kier alpha value is -4.03. The maximum atomic E-state index is 14.7. The molecule has 1 saturated heterocycles. The Morgan fingerprint density at radius 1 is 1.15 bits per heavy atom. The van der Waals surface area contributed by atoms with Gasteiger partial charge in [0, 0.05) is 29.8 Å². The lowest BCUT2D eigenvalue weighted by molar-refractivity contribution is -0.118. The highest BCUT2D eigenvalue weighted by molar-refractivity contribution is 6.31. The lowest BCUT2D eigenvalue weighted by Gasteiger charge is -2.20. The smallest absolute Gasteiger partial charge is 0.275 e. The van der Waals surface area contributed by atoms with E-state index in [1.165, 1.54) is 10.9 Å². The molecular formula is C27H20Cl2F3N7O2. The molecule has 41 heavy (non-hydrogen) atoms. The summed E-state index contributed by atoms with van der Waals surface area (Å²) in [7, 11) is 0. The van der Waals surface area contributed by atoms with Gasteiger partial charge in [-0.2, -0.15) is 5.10 Å². The molecule has 9 nitrogen and oxygen atoms in total. The highest BCUT2D eigenvalue weighted by Gasteiger charge is 2.52. The topological polar surface area (TPSA) is 106 Å². The number of fused-ring (bicyclic) bond motifs is 1. The molecule has 1 saturated carbocycles. The van der Waals surface area contributed by atoms with Crippen molar-refractivity contribution in [3.63, 3.8) is 0 Å². The predicted octanol–water partition coefficient (Wildman–Crippen LogP) is 5.96. The second-order valence-electron chi connectivity index (χ2n) is 9.87. The number of carbonyl (C=O) groups is 2. The number of pyridine rings is 1. The fraction of sp³-hybridized carbons (Fsp3) is 0.259. The van der Waals surface area contributed by atoms with Crippen LogP contribution in [0.3, 0.4) is 0 Å². The maximum Gasteiger partial charge on any atom is 0.275 e. The second-order valence-corrected chi connectivity index (χ2v) is 10.7. The monoisotopic (exact) mass is 601 g/mol. The minimum atomic E-state index is -3.00. The molecule has 210 valence electrons. The maximum absolute atomic E-state index is 14.7. The summed E-state index contributed by atoms with van der Waals surface area (Å²) < 4.78 is 43.3. The van der Waals surface area contributed by atoms with Gasteiger partial charge in [-0.3, -0.25) is 24.2 Å². The molecule has 0 radical (unpaired) electrons. The van der Waals surface area contributed by atoms with Gasteiger partial charge in [0.15, 0.2) is 5.82 Å². The molecule has 4 heterocycles. The summed E-state index contributed by atoms with van der Waals surface area (Å²) in [6.07, 6.45) is 4.69.